The van der Waals surface area contributed by atoms with Crippen LogP contribution in [0.5, 0.6) is 5.75 Å². The Labute approximate surface area is 182 Å². The highest BCUT2D eigenvalue weighted by atomic mass is 16.5. The van der Waals surface area contributed by atoms with E-state index in [1.807, 2.05) is 54.4 Å². The van der Waals surface area contributed by atoms with E-state index in [4.69, 9.17) is 9.72 Å². The topological polar surface area (TPSA) is 76.4 Å². The van der Waals surface area contributed by atoms with Crippen LogP contribution < -0.4 is 9.64 Å². The molecule has 1 aliphatic rings. The van der Waals surface area contributed by atoms with Crippen LogP contribution in [-0.2, 0) is 7.05 Å². The Bertz CT molecular complexity index is 1060. The molecule has 0 saturated carbocycles. The monoisotopic (exact) mass is 420 g/mol. The molecule has 1 saturated heterocycles. The molecule has 162 valence electrons. The van der Waals surface area contributed by atoms with Gasteiger partial charge < -0.3 is 14.5 Å². The normalized spacial score (nSPS) is 16.3. The van der Waals surface area contributed by atoms with Crippen LogP contribution in [0.25, 0.3) is 11.1 Å². The van der Waals surface area contributed by atoms with Gasteiger partial charge in [0.2, 0.25) is 5.95 Å². The van der Waals surface area contributed by atoms with Gasteiger partial charge in [0.25, 0.3) is 5.91 Å². The van der Waals surface area contributed by atoms with E-state index in [-0.39, 0.29) is 11.9 Å². The number of anilines is 1. The molecule has 0 radical (unpaired) electrons. The number of aromatic nitrogens is 4. The lowest BCUT2D eigenvalue weighted by Crippen LogP contribution is -2.40. The fourth-order valence-corrected chi connectivity index (χ4v) is 4.04. The molecule has 0 spiro atoms. The summed E-state index contributed by atoms with van der Waals surface area (Å²) in [5, 5.41) is 4.17. The second-order valence-corrected chi connectivity index (χ2v) is 7.94. The lowest BCUT2D eigenvalue weighted by Gasteiger charge is -2.36. The van der Waals surface area contributed by atoms with Crippen LogP contribution >= 0.6 is 0 Å². The molecule has 0 N–H and O–H groups in total. The Hall–Kier alpha value is -3.42. The van der Waals surface area contributed by atoms with Gasteiger partial charge in [0.1, 0.15) is 11.4 Å². The van der Waals surface area contributed by atoms with Gasteiger partial charge in [0.05, 0.1) is 18.8 Å². The molecule has 1 aliphatic heterocycles. The number of carbonyl (C=O) groups is 1. The van der Waals surface area contributed by atoms with Crippen molar-refractivity contribution in [3.8, 4) is 16.9 Å². The molecule has 8 heteroatoms. The predicted molar refractivity (Wildman–Crippen MR) is 119 cm³/mol. The molecule has 2 aromatic heterocycles. The molecular formula is C23H28N6O2. The third-order valence-electron chi connectivity index (χ3n) is 5.73. The van der Waals surface area contributed by atoms with Crippen LogP contribution in [0.3, 0.4) is 0 Å². The van der Waals surface area contributed by atoms with E-state index < -0.39 is 0 Å². The van der Waals surface area contributed by atoms with Crippen molar-refractivity contribution in [2.75, 3.05) is 32.6 Å². The Morgan fingerprint density at radius 3 is 2.58 bits per heavy atom. The molecule has 0 aliphatic carbocycles. The predicted octanol–water partition coefficient (Wildman–Crippen LogP) is 3.32. The number of amides is 1. The summed E-state index contributed by atoms with van der Waals surface area (Å²) in [5.41, 5.74) is 3.39. The SMILES string of the molecule is COc1ccc(-c2cnc(N(C)C)nc2[C@@H]2CCCCN2C(=O)c2ccnn2C)cc1. The average Bonchev–Trinajstić information content (AvgIpc) is 3.24. The van der Waals surface area contributed by atoms with Crippen LogP contribution in [0.4, 0.5) is 5.95 Å². The van der Waals surface area contributed by atoms with E-state index in [2.05, 4.69) is 10.1 Å². The first kappa shape index (κ1) is 20.8. The Morgan fingerprint density at radius 2 is 1.94 bits per heavy atom. The van der Waals surface area contributed by atoms with E-state index in [0.29, 0.717) is 18.2 Å². The fraction of sp³-hybridized carbons (Fsp3) is 0.391. The molecule has 3 aromatic rings. The maximum atomic E-state index is 13.4. The molecule has 0 unspecified atom stereocenters. The van der Waals surface area contributed by atoms with Gasteiger partial charge in [-0.3, -0.25) is 9.48 Å². The molecule has 1 amide bonds. The quantitative estimate of drug-likeness (QED) is 0.630. The Kier molecular flexibility index (Phi) is 5.88. The number of methoxy groups -OCH3 is 1. The van der Waals surface area contributed by atoms with Gasteiger partial charge in [-0.2, -0.15) is 5.10 Å². The summed E-state index contributed by atoms with van der Waals surface area (Å²) >= 11 is 0. The van der Waals surface area contributed by atoms with E-state index >= 15 is 0 Å². The number of hydrogen-bond donors (Lipinski definition) is 0. The molecular weight excluding hydrogens is 392 g/mol. The van der Waals surface area contributed by atoms with E-state index in [0.717, 1.165) is 41.8 Å². The van der Waals surface area contributed by atoms with E-state index in [1.165, 1.54) is 0 Å². The maximum Gasteiger partial charge on any atom is 0.272 e. The molecule has 8 nitrogen and oxygen atoms in total. The van der Waals surface area contributed by atoms with Gasteiger partial charge in [0.15, 0.2) is 0 Å². The van der Waals surface area contributed by atoms with Crippen LogP contribution in [0.2, 0.25) is 0 Å². The number of aryl methyl sites for hydroxylation is 1. The lowest BCUT2D eigenvalue weighted by molar-refractivity contribution is 0.0595. The summed E-state index contributed by atoms with van der Waals surface area (Å²) in [5.74, 6) is 1.41. The number of ether oxygens (including phenoxy) is 1. The molecule has 31 heavy (non-hydrogen) atoms. The first-order chi connectivity index (χ1) is 15.0. The molecule has 0 bridgehead atoms. The van der Waals surface area contributed by atoms with E-state index in [9.17, 15) is 4.79 Å². The standard InChI is InChI=1S/C23H28N6O2/c1-27(2)23-24-15-18(16-8-10-17(31-4)11-9-16)21(26-23)19-7-5-6-14-29(19)22(30)20-12-13-25-28(20)3/h8-13,15,19H,5-7,14H2,1-4H3/t19-/m0/s1. The smallest absolute Gasteiger partial charge is 0.272 e. The third kappa shape index (κ3) is 4.10. The summed E-state index contributed by atoms with van der Waals surface area (Å²) in [6.07, 6.45) is 6.40. The molecule has 1 fully saturated rings. The third-order valence-corrected chi connectivity index (χ3v) is 5.73. The summed E-state index contributed by atoms with van der Waals surface area (Å²) < 4.78 is 6.93. The lowest BCUT2D eigenvalue weighted by atomic mass is 9.93. The van der Waals surface area contributed by atoms with E-state index in [1.54, 1.807) is 31.1 Å². The summed E-state index contributed by atoms with van der Waals surface area (Å²) in [6, 6.07) is 9.51. The average molecular weight is 421 g/mol. The zero-order valence-corrected chi connectivity index (χ0v) is 18.4. The second kappa shape index (κ2) is 8.75. The number of piperidine rings is 1. The number of likely N-dealkylation sites (tertiary alicyclic amines) is 1. The maximum absolute atomic E-state index is 13.4. The summed E-state index contributed by atoms with van der Waals surface area (Å²) in [6.45, 7) is 0.692. The van der Waals surface area contributed by atoms with Crippen LogP contribution in [0, 0.1) is 0 Å². The minimum absolute atomic E-state index is 0.0182. The minimum atomic E-state index is -0.130. The number of benzene rings is 1. The highest BCUT2D eigenvalue weighted by Gasteiger charge is 2.33. The van der Waals surface area contributed by atoms with Crippen LogP contribution in [0.15, 0.2) is 42.7 Å². The molecule has 3 heterocycles. The van der Waals surface area contributed by atoms with Crippen molar-refractivity contribution in [2.45, 2.75) is 25.3 Å². The highest BCUT2D eigenvalue weighted by Crippen LogP contribution is 2.37. The van der Waals surface area contributed by atoms with Gasteiger partial charge in [-0.25, -0.2) is 9.97 Å². The zero-order chi connectivity index (χ0) is 22.0. The van der Waals surface area contributed by atoms with Gasteiger partial charge in [0, 0.05) is 45.6 Å². The first-order valence-corrected chi connectivity index (χ1v) is 10.5. The van der Waals surface area contributed by atoms with Crippen molar-refractivity contribution in [1.29, 1.82) is 0 Å². The molecule has 1 atom stereocenters. The van der Waals surface area contributed by atoms with Crippen LogP contribution in [-0.4, -0.2) is 58.3 Å². The van der Waals surface area contributed by atoms with Crippen molar-refractivity contribution < 1.29 is 9.53 Å². The van der Waals surface area contributed by atoms with Crippen LogP contribution in [0.1, 0.15) is 41.5 Å². The summed E-state index contributed by atoms with van der Waals surface area (Å²) in [7, 11) is 7.29. The van der Waals surface area contributed by atoms with Gasteiger partial charge in [-0.15, -0.1) is 0 Å². The Morgan fingerprint density at radius 1 is 1.16 bits per heavy atom. The number of hydrogen-bond acceptors (Lipinski definition) is 6. The number of rotatable bonds is 5. The minimum Gasteiger partial charge on any atom is -0.497 e. The van der Waals surface area contributed by atoms with Crippen molar-refractivity contribution in [2.24, 2.45) is 7.05 Å². The summed E-state index contributed by atoms with van der Waals surface area (Å²) in [4.78, 5) is 26.7. The Balaban J connectivity index is 1.80. The van der Waals surface area contributed by atoms with Gasteiger partial charge in [-0.1, -0.05) is 12.1 Å². The largest absolute Gasteiger partial charge is 0.497 e. The van der Waals surface area contributed by atoms with Crippen molar-refractivity contribution in [3.63, 3.8) is 0 Å². The number of nitrogens with zero attached hydrogens (tertiary/aromatic N) is 6. The highest BCUT2D eigenvalue weighted by molar-refractivity contribution is 5.93. The molecule has 1 aromatic carbocycles. The zero-order valence-electron chi connectivity index (χ0n) is 18.4. The first-order valence-electron chi connectivity index (χ1n) is 10.5. The number of carbonyl (C=O) groups excluding carboxylic acids is 1. The van der Waals surface area contributed by atoms with Gasteiger partial charge >= 0.3 is 0 Å². The molecule has 4 rings (SSSR count). The van der Waals surface area contributed by atoms with Crippen molar-refractivity contribution in [3.05, 3.63) is 54.1 Å². The fourth-order valence-electron chi connectivity index (χ4n) is 4.04. The second-order valence-electron chi connectivity index (χ2n) is 7.94. The van der Waals surface area contributed by atoms with Gasteiger partial charge in [-0.05, 0) is 43.0 Å². The van der Waals surface area contributed by atoms with Crippen molar-refractivity contribution in [1.82, 2.24) is 24.6 Å². The van der Waals surface area contributed by atoms with Crippen molar-refractivity contribution >= 4 is 11.9 Å².